The minimum Gasteiger partial charge on any atom is -0.480 e. The summed E-state index contributed by atoms with van der Waals surface area (Å²) in [5.74, 6) is -2.75. The van der Waals surface area contributed by atoms with E-state index in [1.807, 2.05) is 0 Å². The third-order valence-electron chi connectivity index (χ3n) is 9.95. The largest absolute Gasteiger partial charge is 0.480 e. The van der Waals surface area contributed by atoms with Crippen LogP contribution in [0.25, 0.3) is 0 Å². The molecule has 0 aromatic carbocycles. The molecule has 0 saturated heterocycles. The van der Waals surface area contributed by atoms with E-state index in [2.05, 4.69) is 13.8 Å². The first kappa shape index (κ1) is 49.6. The number of carboxylic acid groups (broad SMARTS) is 1. The van der Waals surface area contributed by atoms with Gasteiger partial charge in [-0.2, -0.15) is 0 Å². The monoisotopic (exact) mass is 742 g/mol. The topological polar surface area (TPSA) is 132 Å². The van der Waals surface area contributed by atoms with Crippen molar-refractivity contribution in [1.82, 2.24) is 4.90 Å². The lowest BCUT2D eigenvalue weighted by Crippen LogP contribution is -2.50. The van der Waals surface area contributed by atoms with Crippen LogP contribution in [0.3, 0.4) is 0 Å². The van der Waals surface area contributed by atoms with E-state index in [0.717, 1.165) is 43.4 Å². The summed E-state index contributed by atoms with van der Waals surface area (Å²) in [6.45, 7) is 3.72. The Labute approximate surface area is 317 Å². The number of carboxylic acids is 1. The van der Waals surface area contributed by atoms with Gasteiger partial charge in [0.2, 0.25) is 16.9 Å². The molecule has 0 heterocycles. The summed E-state index contributed by atoms with van der Waals surface area (Å²) < 4.78 is 0. The number of aliphatic hydroxyl groups excluding tert-OH is 2. The summed E-state index contributed by atoms with van der Waals surface area (Å²) in [5, 5.41) is 27.9. The van der Waals surface area contributed by atoms with Gasteiger partial charge in [0.05, 0.1) is 6.61 Å². The van der Waals surface area contributed by atoms with E-state index < -0.39 is 41.7 Å². The molecule has 0 aliphatic heterocycles. The number of imide groups is 1. The van der Waals surface area contributed by atoms with Crippen LogP contribution < -0.4 is 0 Å². The molecule has 0 aromatic heterocycles. The number of aliphatic carboxylic acids is 1. The minimum absolute atomic E-state index is 0.0878. The maximum absolute atomic E-state index is 13.3. The maximum Gasteiger partial charge on any atom is 0.327 e. The molecule has 0 bridgehead atoms. The van der Waals surface area contributed by atoms with Crippen LogP contribution in [0.4, 0.5) is 0 Å². The lowest BCUT2D eigenvalue weighted by Gasteiger charge is -2.27. The van der Waals surface area contributed by atoms with Gasteiger partial charge in [-0.3, -0.25) is 19.3 Å². The van der Waals surface area contributed by atoms with Crippen LogP contribution in [0.1, 0.15) is 219 Å². The summed E-state index contributed by atoms with van der Waals surface area (Å²) in [6.07, 6.45) is 34.4. The van der Waals surface area contributed by atoms with E-state index in [4.69, 9.17) is 5.11 Å². The number of nitrogens with zero attached hydrogens (tertiary/aromatic N) is 1. The van der Waals surface area contributed by atoms with Gasteiger partial charge in [0.15, 0.2) is 0 Å². The van der Waals surface area contributed by atoms with Crippen molar-refractivity contribution in [3.05, 3.63) is 0 Å². The zero-order valence-electron chi connectivity index (χ0n) is 33.0. The Bertz CT molecular complexity index is 809. The third-order valence-corrected chi connectivity index (χ3v) is 11.0. The van der Waals surface area contributed by atoms with Crippen molar-refractivity contribution in [2.45, 2.75) is 231 Å². The smallest absolute Gasteiger partial charge is 0.327 e. The van der Waals surface area contributed by atoms with Crippen molar-refractivity contribution in [2.24, 2.45) is 0 Å². The second-order valence-corrected chi connectivity index (χ2v) is 15.8. The molecule has 8 nitrogen and oxygen atoms in total. The molecule has 51 heavy (non-hydrogen) atoms. The number of hydrogen-bond donors (Lipinski definition) is 3. The summed E-state index contributed by atoms with van der Waals surface area (Å²) in [6, 6.07) is -1.50. The molecule has 0 spiro atoms. The van der Waals surface area contributed by atoms with Crippen molar-refractivity contribution in [3.8, 4) is 0 Å². The second kappa shape index (κ2) is 36.9. The van der Waals surface area contributed by atoms with Crippen molar-refractivity contribution >= 4 is 34.7 Å². The predicted molar refractivity (Wildman–Crippen MR) is 213 cm³/mol. The van der Waals surface area contributed by atoms with E-state index in [1.54, 1.807) is 0 Å². The fourth-order valence-corrected chi connectivity index (χ4v) is 7.49. The van der Waals surface area contributed by atoms with E-state index in [9.17, 15) is 29.4 Å². The first-order chi connectivity index (χ1) is 24.8. The van der Waals surface area contributed by atoms with Gasteiger partial charge < -0.3 is 15.3 Å². The molecule has 0 radical (unpaired) electrons. The number of hydrogen-bond acceptors (Lipinski definition) is 7. The van der Waals surface area contributed by atoms with E-state index in [1.165, 1.54) is 141 Å². The molecule has 0 aliphatic carbocycles. The van der Waals surface area contributed by atoms with E-state index >= 15 is 0 Å². The summed E-state index contributed by atoms with van der Waals surface area (Å²) in [7, 11) is 0. The molecule has 1 unspecified atom stereocenters. The SMILES string of the molecule is CCCCCCCCCCCCCCCCCC(=O)N(C(=O)CCCCCCCCCCCCCCCCC)[C@@H](CSC(=O)C(O)CO)C(=O)O. The molecule has 0 rings (SSSR count). The summed E-state index contributed by atoms with van der Waals surface area (Å²) >= 11 is 0.531. The highest BCUT2D eigenvalue weighted by Crippen LogP contribution is 2.20. The number of carbonyl (C=O) groups is 4. The minimum atomic E-state index is -1.63. The maximum atomic E-state index is 13.3. The van der Waals surface area contributed by atoms with Crippen molar-refractivity contribution < 1.29 is 34.5 Å². The average Bonchev–Trinajstić information content (AvgIpc) is 3.12. The first-order valence-corrected chi connectivity index (χ1v) is 22.3. The Morgan fingerprint density at radius 2 is 0.765 bits per heavy atom. The molecule has 0 saturated carbocycles. The zero-order chi connectivity index (χ0) is 37.8. The first-order valence-electron chi connectivity index (χ1n) is 21.3. The third kappa shape index (κ3) is 29.7. The number of rotatable bonds is 38. The highest BCUT2D eigenvalue weighted by Gasteiger charge is 2.35. The molecule has 2 amide bonds. The van der Waals surface area contributed by atoms with Crippen LogP contribution in [0.5, 0.6) is 0 Å². The van der Waals surface area contributed by atoms with Gasteiger partial charge in [-0.25, -0.2) is 4.79 Å². The summed E-state index contributed by atoms with van der Waals surface area (Å²) in [5.41, 5.74) is 0. The van der Waals surface area contributed by atoms with Crippen LogP contribution in [-0.2, 0) is 19.2 Å². The fraction of sp³-hybridized carbons (Fsp3) is 0.905. The molecule has 300 valence electrons. The highest BCUT2D eigenvalue weighted by molar-refractivity contribution is 8.13. The van der Waals surface area contributed by atoms with Gasteiger partial charge in [-0.05, 0) is 12.8 Å². The number of aliphatic hydroxyl groups is 2. The molecular formula is C42H79NO7S. The molecular weight excluding hydrogens is 663 g/mol. The quantitative estimate of drug-likeness (QED) is 0.0533. The van der Waals surface area contributed by atoms with Gasteiger partial charge in [-0.1, -0.05) is 205 Å². The molecule has 0 fully saturated rings. The van der Waals surface area contributed by atoms with Crippen molar-refractivity contribution in [2.75, 3.05) is 12.4 Å². The molecule has 9 heteroatoms. The average molecular weight is 742 g/mol. The van der Waals surface area contributed by atoms with Crippen LogP contribution in [0.15, 0.2) is 0 Å². The lowest BCUT2D eigenvalue weighted by atomic mass is 10.0. The van der Waals surface area contributed by atoms with Crippen LogP contribution in [0.2, 0.25) is 0 Å². The lowest BCUT2D eigenvalue weighted by molar-refractivity contribution is -0.157. The van der Waals surface area contributed by atoms with Crippen molar-refractivity contribution in [1.29, 1.82) is 0 Å². The van der Waals surface area contributed by atoms with Gasteiger partial charge in [-0.15, -0.1) is 0 Å². The highest BCUT2D eigenvalue weighted by atomic mass is 32.2. The van der Waals surface area contributed by atoms with Gasteiger partial charge in [0.1, 0.15) is 12.1 Å². The number of amides is 2. The standard InChI is InChI=1S/C42H79NO7S/c1-3-5-7-9-11-13-15-17-19-21-23-25-27-29-31-33-39(46)43(37(41(48)49)36-51-42(50)38(45)35-44)40(47)34-32-30-28-26-24-22-20-18-16-14-12-10-8-6-4-2/h37-38,44-45H,3-36H2,1-2H3,(H,48,49)/t37-,38?/m0/s1. The second-order valence-electron chi connectivity index (χ2n) is 14.7. The van der Waals surface area contributed by atoms with Crippen molar-refractivity contribution in [3.63, 3.8) is 0 Å². The Kier molecular flexibility index (Phi) is 35.8. The van der Waals surface area contributed by atoms with E-state index in [0.29, 0.717) is 24.6 Å². The van der Waals surface area contributed by atoms with Crippen LogP contribution in [0, 0.1) is 0 Å². The molecule has 0 aromatic rings. The number of carbonyl (C=O) groups excluding carboxylic acids is 3. The predicted octanol–water partition coefficient (Wildman–Crippen LogP) is 10.9. The van der Waals surface area contributed by atoms with Gasteiger partial charge >= 0.3 is 5.97 Å². The normalized spacial score (nSPS) is 12.5. The number of unbranched alkanes of at least 4 members (excludes halogenated alkanes) is 28. The molecule has 0 aliphatic rings. The Morgan fingerprint density at radius 3 is 1.02 bits per heavy atom. The summed E-state index contributed by atoms with van der Waals surface area (Å²) in [4.78, 5) is 51.8. The molecule has 2 atom stereocenters. The zero-order valence-corrected chi connectivity index (χ0v) is 33.8. The Hall–Kier alpha value is -1.45. The Morgan fingerprint density at radius 1 is 0.490 bits per heavy atom. The number of thioether (sulfide) groups is 1. The van der Waals surface area contributed by atoms with Crippen LogP contribution >= 0.6 is 11.8 Å². The molecule has 3 N–H and O–H groups in total. The fourth-order valence-electron chi connectivity index (χ4n) is 6.61. The van der Waals surface area contributed by atoms with Gasteiger partial charge in [0.25, 0.3) is 0 Å². The van der Waals surface area contributed by atoms with E-state index in [-0.39, 0.29) is 18.6 Å². The Balaban J connectivity index is 4.54. The van der Waals surface area contributed by atoms with Crippen LogP contribution in [-0.4, -0.2) is 67.6 Å². The van der Waals surface area contributed by atoms with Gasteiger partial charge in [0, 0.05) is 18.6 Å².